The minimum Gasteiger partial charge on any atom is -0.493 e. The maximum absolute atomic E-state index is 12.3. The van der Waals surface area contributed by atoms with Crippen molar-refractivity contribution in [1.29, 1.82) is 0 Å². The molecule has 0 bridgehead atoms. The molecule has 0 spiro atoms. The van der Waals surface area contributed by atoms with Gasteiger partial charge in [0.25, 0.3) is 0 Å². The van der Waals surface area contributed by atoms with Gasteiger partial charge in [0, 0.05) is 25.8 Å². The molecule has 2 rings (SSSR count). The quantitative estimate of drug-likeness (QED) is 0.707. The van der Waals surface area contributed by atoms with E-state index in [4.69, 9.17) is 23.0 Å². The van der Waals surface area contributed by atoms with Crippen molar-refractivity contribution < 1.29 is 27.6 Å². The lowest BCUT2D eigenvalue weighted by Crippen LogP contribution is -2.00. The zero-order valence-corrected chi connectivity index (χ0v) is 14.3. The van der Waals surface area contributed by atoms with Gasteiger partial charge in [0.1, 0.15) is 5.75 Å². The smallest absolute Gasteiger partial charge is 0.493 e. The minimum absolute atomic E-state index is 0.306. The SMILES string of the molecule is COc1cc(OP(=O)(OC)OC)c(-c2ccccc2)cc1OC. The van der Waals surface area contributed by atoms with Crippen LogP contribution in [0.2, 0.25) is 0 Å². The maximum atomic E-state index is 12.3. The molecule has 0 saturated carbocycles. The molecule has 0 atom stereocenters. The van der Waals surface area contributed by atoms with E-state index >= 15 is 0 Å². The van der Waals surface area contributed by atoms with Crippen molar-refractivity contribution in [3.05, 3.63) is 42.5 Å². The molecule has 0 aliphatic carbocycles. The van der Waals surface area contributed by atoms with Gasteiger partial charge in [-0.3, -0.25) is 9.05 Å². The second-order valence-electron chi connectivity index (χ2n) is 4.47. The average Bonchev–Trinajstić information content (AvgIpc) is 2.61. The molecule has 0 fully saturated rings. The summed E-state index contributed by atoms with van der Waals surface area (Å²) in [5.41, 5.74) is 1.54. The number of hydrogen-bond acceptors (Lipinski definition) is 6. The maximum Gasteiger partial charge on any atom is 0.529 e. The summed E-state index contributed by atoms with van der Waals surface area (Å²) in [6.45, 7) is 0. The minimum atomic E-state index is -3.70. The molecule has 0 unspecified atom stereocenters. The van der Waals surface area contributed by atoms with Crippen LogP contribution < -0.4 is 14.0 Å². The Labute approximate surface area is 135 Å². The molecule has 0 radical (unpaired) electrons. The molecule has 2 aromatic carbocycles. The van der Waals surface area contributed by atoms with Crippen molar-refractivity contribution in [2.75, 3.05) is 28.4 Å². The highest BCUT2D eigenvalue weighted by molar-refractivity contribution is 7.48. The summed E-state index contributed by atoms with van der Waals surface area (Å²) in [6, 6.07) is 12.8. The second kappa shape index (κ2) is 7.51. The first-order valence-electron chi connectivity index (χ1n) is 6.79. The van der Waals surface area contributed by atoms with Crippen LogP contribution in [0.1, 0.15) is 0 Å². The van der Waals surface area contributed by atoms with Crippen molar-refractivity contribution in [3.63, 3.8) is 0 Å². The van der Waals surface area contributed by atoms with Crippen LogP contribution >= 0.6 is 7.82 Å². The third-order valence-electron chi connectivity index (χ3n) is 3.23. The van der Waals surface area contributed by atoms with Crippen molar-refractivity contribution in [2.24, 2.45) is 0 Å². The zero-order valence-electron chi connectivity index (χ0n) is 13.4. The van der Waals surface area contributed by atoms with Crippen molar-refractivity contribution in [3.8, 4) is 28.4 Å². The molecule has 0 saturated heterocycles. The lowest BCUT2D eigenvalue weighted by molar-refractivity contribution is 0.211. The van der Waals surface area contributed by atoms with Gasteiger partial charge in [0.2, 0.25) is 0 Å². The molecule has 124 valence electrons. The third kappa shape index (κ3) is 3.85. The van der Waals surface area contributed by atoms with Crippen LogP contribution in [0.15, 0.2) is 42.5 Å². The summed E-state index contributed by atoms with van der Waals surface area (Å²) in [4.78, 5) is 0. The molecule has 0 aliphatic rings. The van der Waals surface area contributed by atoms with Gasteiger partial charge >= 0.3 is 7.82 Å². The highest BCUT2D eigenvalue weighted by Gasteiger charge is 2.27. The van der Waals surface area contributed by atoms with E-state index in [-0.39, 0.29) is 0 Å². The van der Waals surface area contributed by atoms with Gasteiger partial charge in [-0.1, -0.05) is 30.3 Å². The largest absolute Gasteiger partial charge is 0.529 e. The number of hydrogen-bond donors (Lipinski definition) is 0. The monoisotopic (exact) mass is 338 g/mol. The van der Waals surface area contributed by atoms with Gasteiger partial charge in [0.05, 0.1) is 14.2 Å². The first-order valence-corrected chi connectivity index (χ1v) is 8.25. The van der Waals surface area contributed by atoms with Crippen LogP contribution in [0.5, 0.6) is 17.2 Å². The van der Waals surface area contributed by atoms with E-state index in [1.54, 1.807) is 19.2 Å². The van der Waals surface area contributed by atoms with Crippen LogP contribution in [-0.4, -0.2) is 28.4 Å². The highest BCUT2D eigenvalue weighted by atomic mass is 31.2. The van der Waals surface area contributed by atoms with Gasteiger partial charge < -0.3 is 14.0 Å². The Balaban J connectivity index is 2.60. The summed E-state index contributed by atoms with van der Waals surface area (Å²) in [6.07, 6.45) is 0. The summed E-state index contributed by atoms with van der Waals surface area (Å²) < 4.78 is 38.1. The Hall–Kier alpha value is -2.01. The highest BCUT2D eigenvalue weighted by Crippen LogP contribution is 2.51. The predicted octanol–water partition coefficient (Wildman–Crippen LogP) is 4.15. The number of benzene rings is 2. The molecule has 2 aromatic rings. The average molecular weight is 338 g/mol. The molecule has 0 heterocycles. The Morgan fingerprint density at radius 3 is 1.87 bits per heavy atom. The molecule has 6 nitrogen and oxygen atoms in total. The Kier molecular flexibility index (Phi) is 5.66. The van der Waals surface area contributed by atoms with Gasteiger partial charge in [0.15, 0.2) is 11.5 Å². The lowest BCUT2D eigenvalue weighted by atomic mass is 10.0. The van der Waals surface area contributed by atoms with E-state index in [2.05, 4.69) is 0 Å². The first-order chi connectivity index (χ1) is 11.1. The van der Waals surface area contributed by atoms with Crippen LogP contribution in [0.3, 0.4) is 0 Å². The van der Waals surface area contributed by atoms with Gasteiger partial charge in [-0.05, 0) is 11.6 Å². The molecule has 23 heavy (non-hydrogen) atoms. The fourth-order valence-electron chi connectivity index (χ4n) is 2.05. The van der Waals surface area contributed by atoms with E-state index in [1.165, 1.54) is 21.3 Å². The van der Waals surface area contributed by atoms with Crippen molar-refractivity contribution in [2.45, 2.75) is 0 Å². The number of ether oxygens (including phenoxy) is 2. The Bertz CT molecular complexity index is 693. The molecular formula is C16H19O6P. The van der Waals surface area contributed by atoms with Crippen molar-refractivity contribution in [1.82, 2.24) is 0 Å². The summed E-state index contributed by atoms with van der Waals surface area (Å²) >= 11 is 0. The molecule has 0 aromatic heterocycles. The van der Waals surface area contributed by atoms with E-state index in [1.807, 2.05) is 30.3 Å². The fraction of sp³-hybridized carbons (Fsp3) is 0.250. The predicted molar refractivity (Wildman–Crippen MR) is 87.2 cm³/mol. The molecule has 0 amide bonds. The topological polar surface area (TPSA) is 63.2 Å². The second-order valence-corrected chi connectivity index (χ2v) is 6.28. The fourth-order valence-corrected chi connectivity index (χ4v) is 2.74. The normalized spacial score (nSPS) is 11.1. The van der Waals surface area contributed by atoms with E-state index in [0.29, 0.717) is 22.8 Å². The number of phosphoric ester groups is 1. The van der Waals surface area contributed by atoms with Gasteiger partial charge in [-0.2, -0.15) is 0 Å². The van der Waals surface area contributed by atoms with E-state index < -0.39 is 7.82 Å². The summed E-state index contributed by atoms with van der Waals surface area (Å²) in [5.74, 6) is 1.28. The van der Waals surface area contributed by atoms with Gasteiger partial charge in [-0.25, -0.2) is 4.57 Å². The van der Waals surface area contributed by atoms with Crippen molar-refractivity contribution >= 4 is 7.82 Å². The van der Waals surface area contributed by atoms with E-state index in [0.717, 1.165) is 5.56 Å². The van der Waals surface area contributed by atoms with Crippen LogP contribution in [0.4, 0.5) is 0 Å². The molecule has 7 heteroatoms. The standard InChI is InChI=1S/C16H19O6P/c1-18-15-10-13(12-8-6-5-7-9-12)14(11-16(15)19-2)22-23(17,20-3)21-4/h5-11H,1-4H3. The number of phosphoric acid groups is 1. The summed E-state index contributed by atoms with van der Waals surface area (Å²) in [5, 5.41) is 0. The Morgan fingerprint density at radius 2 is 1.35 bits per heavy atom. The lowest BCUT2D eigenvalue weighted by Gasteiger charge is -2.19. The molecular weight excluding hydrogens is 319 g/mol. The zero-order chi connectivity index (χ0) is 16.9. The van der Waals surface area contributed by atoms with Crippen LogP contribution in [-0.2, 0) is 13.6 Å². The Morgan fingerprint density at radius 1 is 0.783 bits per heavy atom. The number of methoxy groups -OCH3 is 2. The molecule has 0 N–H and O–H groups in total. The first kappa shape index (κ1) is 17.3. The van der Waals surface area contributed by atoms with Crippen LogP contribution in [0, 0.1) is 0 Å². The number of rotatable bonds is 7. The van der Waals surface area contributed by atoms with Crippen LogP contribution in [0.25, 0.3) is 11.1 Å². The molecule has 0 aliphatic heterocycles. The van der Waals surface area contributed by atoms with Gasteiger partial charge in [-0.15, -0.1) is 0 Å². The summed E-state index contributed by atoms with van der Waals surface area (Å²) in [7, 11) is 1.87. The third-order valence-corrected chi connectivity index (χ3v) is 4.54. The van der Waals surface area contributed by atoms with E-state index in [9.17, 15) is 4.57 Å².